The fourth-order valence-corrected chi connectivity index (χ4v) is 4.13. The second-order valence-electron chi connectivity index (χ2n) is 7.73. The molecule has 0 bridgehead atoms. The summed E-state index contributed by atoms with van der Waals surface area (Å²) in [6, 6.07) is 13.9. The average molecular weight is 442 g/mol. The molecule has 3 atom stereocenters. The Morgan fingerprint density at radius 2 is 1.53 bits per heavy atom. The summed E-state index contributed by atoms with van der Waals surface area (Å²) in [5.74, 6) is -1.67. The Balaban J connectivity index is 1.51. The number of nitrogens with zero attached hydrogens (tertiary/aromatic N) is 2. The summed E-state index contributed by atoms with van der Waals surface area (Å²) < 4.78 is 44.2. The third kappa shape index (κ3) is 3.16. The molecule has 5 rings (SSSR count). The second-order valence-corrected chi connectivity index (χ2v) is 7.73. The summed E-state index contributed by atoms with van der Waals surface area (Å²) in [6.07, 6.45) is -4.18. The van der Waals surface area contributed by atoms with Gasteiger partial charge in [-0.2, -0.15) is 13.2 Å². The van der Waals surface area contributed by atoms with Gasteiger partial charge in [-0.05, 0) is 55.5 Å². The van der Waals surface area contributed by atoms with Crippen molar-refractivity contribution >= 4 is 23.2 Å². The molecule has 2 aliphatic heterocycles. The third-order valence-electron chi connectivity index (χ3n) is 5.69. The molecule has 6 nitrogen and oxygen atoms in total. The molecule has 2 aromatic carbocycles. The van der Waals surface area contributed by atoms with E-state index in [1.54, 1.807) is 12.1 Å². The lowest BCUT2D eigenvalue weighted by molar-refractivity contribution is -0.137. The molecule has 1 aromatic heterocycles. The summed E-state index contributed by atoms with van der Waals surface area (Å²) in [5, 5.41) is 1.49. The lowest BCUT2D eigenvalue weighted by atomic mass is 9.94. The zero-order valence-corrected chi connectivity index (χ0v) is 16.7. The number of alkyl halides is 3. The van der Waals surface area contributed by atoms with Crippen LogP contribution in [0.1, 0.15) is 22.9 Å². The number of aryl methyl sites for hydroxylation is 1. The molecular formula is C23H17F3N2O4. The second kappa shape index (κ2) is 7.23. The molecule has 32 heavy (non-hydrogen) atoms. The van der Waals surface area contributed by atoms with Gasteiger partial charge in [-0.25, -0.2) is 9.96 Å². The normalized spacial score (nSPS) is 23.2. The van der Waals surface area contributed by atoms with Crippen LogP contribution in [0.2, 0.25) is 0 Å². The lowest BCUT2D eigenvalue weighted by Gasteiger charge is -2.27. The number of fused-ring (bicyclic) bond motifs is 1. The quantitative estimate of drug-likeness (QED) is 0.553. The first-order valence-corrected chi connectivity index (χ1v) is 9.87. The van der Waals surface area contributed by atoms with E-state index in [2.05, 4.69) is 0 Å². The van der Waals surface area contributed by atoms with Crippen molar-refractivity contribution in [3.05, 3.63) is 83.8 Å². The lowest BCUT2D eigenvalue weighted by Crippen LogP contribution is -2.37. The van der Waals surface area contributed by atoms with Crippen molar-refractivity contribution in [1.29, 1.82) is 0 Å². The maximum Gasteiger partial charge on any atom is 0.416 e. The van der Waals surface area contributed by atoms with Crippen LogP contribution in [0.25, 0.3) is 0 Å². The number of imide groups is 1. The van der Waals surface area contributed by atoms with E-state index in [-0.39, 0.29) is 5.69 Å². The number of hydroxylamine groups is 1. The number of anilines is 2. The monoisotopic (exact) mass is 442 g/mol. The standard InChI is InChI=1S/C23H17F3N2O4/c1-13-4-8-16(9-5-13)28-19(17-3-2-12-31-17)18-20(32-28)22(30)27(21(18)29)15-10-6-14(7-11-15)23(24,25)26/h2-12,18-20H,1H3. The van der Waals surface area contributed by atoms with E-state index in [0.29, 0.717) is 11.4 Å². The van der Waals surface area contributed by atoms with Crippen molar-refractivity contribution in [3.63, 3.8) is 0 Å². The van der Waals surface area contributed by atoms with Crippen LogP contribution >= 0.6 is 0 Å². The summed E-state index contributed by atoms with van der Waals surface area (Å²) >= 11 is 0. The molecule has 164 valence electrons. The highest BCUT2D eigenvalue weighted by molar-refractivity contribution is 6.23. The maximum absolute atomic E-state index is 13.4. The van der Waals surface area contributed by atoms with Gasteiger partial charge >= 0.3 is 6.18 Å². The van der Waals surface area contributed by atoms with Crippen molar-refractivity contribution in [2.45, 2.75) is 25.2 Å². The van der Waals surface area contributed by atoms with Gasteiger partial charge in [0, 0.05) is 0 Å². The number of furan rings is 1. The van der Waals surface area contributed by atoms with E-state index in [1.807, 2.05) is 31.2 Å². The average Bonchev–Trinajstić information content (AvgIpc) is 3.46. The molecule has 0 radical (unpaired) electrons. The van der Waals surface area contributed by atoms with Crippen LogP contribution in [0.3, 0.4) is 0 Å². The molecule has 9 heteroatoms. The van der Waals surface area contributed by atoms with Gasteiger partial charge in [-0.1, -0.05) is 17.7 Å². The van der Waals surface area contributed by atoms with E-state index in [9.17, 15) is 22.8 Å². The predicted octanol–water partition coefficient (Wildman–Crippen LogP) is 4.66. The highest BCUT2D eigenvalue weighted by atomic mass is 19.4. The van der Waals surface area contributed by atoms with Crippen molar-refractivity contribution in [2.24, 2.45) is 5.92 Å². The number of hydrogen-bond donors (Lipinski definition) is 0. The zero-order valence-electron chi connectivity index (χ0n) is 16.7. The highest BCUT2D eigenvalue weighted by Gasteiger charge is 2.61. The topological polar surface area (TPSA) is 63.0 Å². The van der Waals surface area contributed by atoms with Crippen LogP contribution < -0.4 is 9.96 Å². The van der Waals surface area contributed by atoms with Gasteiger partial charge in [0.2, 0.25) is 5.91 Å². The van der Waals surface area contributed by atoms with Crippen molar-refractivity contribution in [1.82, 2.24) is 0 Å². The summed E-state index contributed by atoms with van der Waals surface area (Å²) in [6.45, 7) is 1.93. The minimum absolute atomic E-state index is 0.0612. The zero-order chi connectivity index (χ0) is 22.6. The van der Waals surface area contributed by atoms with Gasteiger partial charge in [0.05, 0.1) is 23.2 Å². The summed E-state index contributed by atoms with van der Waals surface area (Å²) in [4.78, 5) is 33.3. The van der Waals surface area contributed by atoms with E-state index in [4.69, 9.17) is 9.25 Å². The van der Waals surface area contributed by atoms with Gasteiger partial charge in [-0.15, -0.1) is 0 Å². The SMILES string of the molecule is Cc1ccc(N2OC3C(=O)N(c4ccc(C(F)(F)F)cc4)C(=O)C3C2c2ccco2)cc1. The molecule has 0 spiro atoms. The first kappa shape index (κ1) is 20.3. The number of hydrogen-bond acceptors (Lipinski definition) is 5. The highest BCUT2D eigenvalue weighted by Crippen LogP contribution is 2.47. The molecule has 3 unspecified atom stereocenters. The largest absolute Gasteiger partial charge is 0.467 e. The van der Waals surface area contributed by atoms with Crippen molar-refractivity contribution in [2.75, 3.05) is 9.96 Å². The maximum atomic E-state index is 13.4. The summed E-state index contributed by atoms with van der Waals surface area (Å²) in [7, 11) is 0. The molecule has 0 saturated carbocycles. The molecule has 0 N–H and O–H groups in total. The molecule has 2 aliphatic rings. The van der Waals surface area contributed by atoms with Crippen LogP contribution in [-0.4, -0.2) is 17.9 Å². The molecule has 2 amide bonds. The number of rotatable bonds is 3. The number of halogens is 3. The number of carbonyl (C=O) groups is 2. The minimum atomic E-state index is -4.52. The van der Waals surface area contributed by atoms with Gasteiger partial charge in [0.1, 0.15) is 17.7 Å². The fraction of sp³-hybridized carbons (Fsp3) is 0.217. The van der Waals surface area contributed by atoms with Crippen LogP contribution in [0.15, 0.2) is 71.3 Å². The Hall–Kier alpha value is -3.59. The first-order chi connectivity index (χ1) is 15.3. The summed E-state index contributed by atoms with van der Waals surface area (Å²) in [5.41, 5.74) is 0.873. The molecular weight excluding hydrogens is 425 g/mol. The predicted molar refractivity (Wildman–Crippen MR) is 107 cm³/mol. The molecule has 3 heterocycles. The van der Waals surface area contributed by atoms with Crippen LogP contribution in [0.4, 0.5) is 24.5 Å². The number of benzene rings is 2. The Bertz CT molecular complexity index is 1160. The smallest absolute Gasteiger partial charge is 0.416 e. The molecule has 3 aromatic rings. The molecule has 0 aliphatic carbocycles. The Morgan fingerprint density at radius 1 is 0.875 bits per heavy atom. The Morgan fingerprint density at radius 3 is 2.12 bits per heavy atom. The Kier molecular flexibility index (Phi) is 4.59. The van der Waals surface area contributed by atoms with Crippen molar-refractivity contribution in [3.8, 4) is 0 Å². The van der Waals surface area contributed by atoms with Crippen LogP contribution in [0, 0.1) is 12.8 Å². The van der Waals surface area contributed by atoms with Gasteiger partial charge in [-0.3, -0.25) is 14.4 Å². The van der Waals surface area contributed by atoms with E-state index >= 15 is 0 Å². The van der Waals surface area contributed by atoms with Crippen LogP contribution in [0.5, 0.6) is 0 Å². The number of amides is 2. The number of carbonyl (C=O) groups excluding carboxylic acids is 2. The van der Waals surface area contributed by atoms with Crippen LogP contribution in [-0.2, 0) is 20.6 Å². The molecule has 2 saturated heterocycles. The molecule has 2 fully saturated rings. The van der Waals surface area contributed by atoms with E-state index < -0.39 is 41.6 Å². The van der Waals surface area contributed by atoms with E-state index in [1.165, 1.54) is 11.3 Å². The third-order valence-corrected chi connectivity index (χ3v) is 5.69. The van der Waals surface area contributed by atoms with Gasteiger partial charge < -0.3 is 4.42 Å². The minimum Gasteiger partial charge on any atom is -0.467 e. The Labute approximate surface area is 180 Å². The first-order valence-electron chi connectivity index (χ1n) is 9.87. The fourth-order valence-electron chi connectivity index (χ4n) is 4.13. The van der Waals surface area contributed by atoms with Gasteiger partial charge in [0.25, 0.3) is 5.91 Å². The van der Waals surface area contributed by atoms with Gasteiger partial charge in [0.15, 0.2) is 6.10 Å². The van der Waals surface area contributed by atoms with Crippen molar-refractivity contribution < 1.29 is 32.0 Å². The van der Waals surface area contributed by atoms with E-state index in [0.717, 1.165) is 34.7 Å².